The number of nitrogens with zero attached hydrogens (tertiary/aromatic N) is 2. The molecule has 5 rings (SSSR count). The van der Waals surface area contributed by atoms with Gasteiger partial charge in [0.25, 0.3) is 11.8 Å². The van der Waals surface area contributed by atoms with Gasteiger partial charge >= 0.3 is 0 Å². The number of carbonyl (C=O) groups excluding carboxylic acids is 2. The Hall–Kier alpha value is -3.69. The van der Waals surface area contributed by atoms with E-state index in [1.54, 1.807) is 42.7 Å². The van der Waals surface area contributed by atoms with Gasteiger partial charge in [0.2, 0.25) is 5.43 Å². The summed E-state index contributed by atoms with van der Waals surface area (Å²) in [6.07, 6.45) is 5.57. The van der Waals surface area contributed by atoms with Crippen LogP contribution in [0.2, 0.25) is 5.02 Å². The first-order valence-corrected chi connectivity index (χ1v) is 11.8. The van der Waals surface area contributed by atoms with Crippen LogP contribution in [0.25, 0.3) is 5.69 Å². The summed E-state index contributed by atoms with van der Waals surface area (Å²) in [7, 11) is 0. The summed E-state index contributed by atoms with van der Waals surface area (Å²) >= 11 is 7.41. The third-order valence-electron chi connectivity index (χ3n) is 5.47. The van der Waals surface area contributed by atoms with Gasteiger partial charge in [-0.05, 0) is 55.2 Å². The van der Waals surface area contributed by atoms with Crippen molar-refractivity contribution in [3.05, 3.63) is 97.6 Å². The van der Waals surface area contributed by atoms with Crippen LogP contribution in [0.15, 0.2) is 64.1 Å². The van der Waals surface area contributed by atoms with Crippen LogP contribution >= 0.6 is 22.9 Å². The highest BCUT2D eigenvalue weighted by Gasteiger charge is 2.28. The van der Waals surface area contributed by atoms with Crippen LogP contribution < -0.4 is 16.1 Å². The van der Waals surface area contributed by atoms with Gasteiger partial charge in [0.05, 0.1) is 24.1 Å². The molecule has 2 amide bonds. The first kappa shape index (κ1) is 22.1. The van der Waals surface area contributed by atoms with E-state index in [-0.39, 0.29) is 18.1 Å². The number of carbonyl (C=O) groups is 2. The number of hydrogen-bond acceptors (Lipinski definition) is 6. The molecule has 0 saturated heterocycles. The van der Waals surface area contributed by atoms with Gasteiger partial charge in [-0.2, -0.15) is 5.10 Å². The fourth-order valence-electron chi connectivity index (χ4n) is 3.89. The third-order valence-corrected chi connectivity index (χ3v) is 6.92. The minimum Gasteiger partial charge on any atom is -0.467 e. The molecule has 1 aromatic carbocycles. The minimum absolute atomic E-state index is 0.231. The average Bonchev–Trinajstić information content (AvgIpc) is 3.56. The molecule has 0 atom stereocenters. The second kappa shape index (κ2) is 9.28. The lowest BCUT2D eigenvalue weighted by atomic mass is 10.1. The first-order valence-electron chi connectivity index (χ1n) is 10.6. The lowest BCUT2D eigenvalue weighted by Gasteiger charge is -2.10. The maximum atomic E-state index is 13.1. The van der Waals surface area contributed by atoms with E-state index in [2.05, 4.69) is 15.7 Å². The second-order valence-corrected chi connectivity index (χ2v) is 9.27. The molecule has 3 aromatic heterocycles. The normalized spacial score (nSPS) is 12.4. The largest absolute Gasteiger partial charge is 0.467 e. The molecule has 0 radical (unpaired) electrons. The second-order valence-electron chi connectivity index (χ2n) is 7.73. The lowest BCUT2D eigenvalue weighted by molar-refractivity contribution is 0.0948. The number of aryl methyl sites for hydroxylation is 1. The maximum absolute atomic E-state index is 13.1. The van der Waals surface area contributed by atoms with Gasteiger partial charge in [-0.1, -0.05) is 17.7 Å². The van der Waals surface area contributed by atoms with Crippen molar-refractivity contribution in [1.29, 1.82) is 0 Å². The monoisotopic (exact) mass is 494 g/mol. The number of aromatic nitrogens is 2. The maximum Gasteiger partial charge on any atom is 0.280 e. The molecule has 172 valence electrons. The zero-order valence-electron chi connectivity index (χ0n) is 17.8. The fraction of sp³-hybridized carbons (Fsp3) is 0.167. The van der Waals surface area contributed by atoms with Crippen LogP contribution in [0.4, 0.5) is 5.00 Å². The van der Waals surface area contributed by atoms with E-state index < -0.39 is 11.3 Å². The molecule has 34 heavy (non-hydrogen) atoms. The van der Waals surface area contributed by atoms with Gasteiger partial charge in [0.15, 0.2) is 5.69 Å². The summed E-state index contributed by atoms with van der Waals surface area (Å²) < 4.78 is 6.69. The Bertz CT molecular complexity index is 1440. The number of furan rings is 1. The van der Waals surface area contributed by atoms with Gasteiger partial charge in [-0.3, -0.25) is 14.4 Å². The Morgan fingerprint density at radius 1 is 1.15 bits per heavy atom. The van der Waals surface area contributed by atoms with E-state index in [4.69, 9.17) is 16.0 Å². The van der Waals surface area contributed by atoms with Gasteiger partial charge in [-0.15, -0.1) is 11.3 Å². The highest BCUT2D eigenvalue weighted by Crippen LogP contribution is 2.39. The molecular weight excluding hydrogens is 476 g/mol. The quantitative estimate of drug-likeness (QED) is 0.417. The molecule has 2 N–H and O–H groups in total. The van der Waals surface area contributed by atoms with E-state index in [1.165, 1.54) is 28.3 Å². The molecule has 0 saturated carbocycles. The molecule has 1 aliphatic carbocycles. The van der Waals surface area contributed by atoms with Gasteiger partial charge in [0.1, 0.15) is 10.8 Å². The highest BCUT2D eigenvalue weighted by molar-refractivity contribution is 7.17. The molecule has 0 fully saturated rings. The van der Waals surface area contributed by atoms with E-state index in [0.717, 1.165) is 29.7 Å². The number of anilines is 1. The zero-order chi connectivity index (χ0) is 23.7. The van der Waals surface area contributed by atoms with E-state index in [1.807, 2.05) is 0 Å². The van der Waals surface area contributed by atoms with Gasteiger partial charge in [-0.25, -0.2) is 4.68 Å². The molecule has 4 aromatic rings. The topological polar surface area (TPSA) is 106 Å². The predicted octanol–water partition coefficient (Wildman–Crippen LogP) is 4.21. The number of nitrogens with one attached hydrogen (secondary N) is 2. The van der Waals surface area contributed by atoms with Crippen LogP contribution in [0.1, 0.15) is 43.5 Å². The molecule has 8 nitrogen and oxygen atoms in total. The fourth-order valence-corrected chi connectivity index (χ4v) is 5.36. The summed E-state index contributed by atoms with van der Waals surface area (Å²) in [6.45, 7) is 0.231. The van der Waals surface area contributed by atoms with Crippen molar-refractivity contribution in [2.24, 2.45) is 0 Å². The molecule has 3 heterocycles. The van der Waals surface area contributed by atoms with E-state index in [9.17, 15) is 14.4 Å². The van der Waals surface area contributed by atoms with E-state index in [0.29, 0.717) is 27.0 Å². The van der Waals surface area contributed by atoms with Crippen molar-refractivity contribution in [2.45, 2.75) is 25.8 Å². The van der Waals surface area contributed by atoms with Crippen molar-refractivity contribution in [1.82, 2.24) is 15.1 Å². The molecule has 0 bridgehead atoms. The third kappa shape index (κ3) is 4.40. The lowest BCUT2D eigenvalue weighted by Crippen LogP contribution is -2.27. The first-order chi connectivity index (χ1) is 16.5. The van der Waals surface area contributed by atoms with Crippen molar-refractivity contribution in [3.63, 3.8) is 0 Å². The molecule has 0 aliphatic heterocycles. The molecule has 10 heteroatoms. The SMILES string of the molecule is O=C(NCc1ccco1)c1c(NC(=O)c2nn(-c3cccc(Cl)c3)ccc2=O)sc2c1CCC2. The minimum atomic E-state index is -0.679. The van der Waals surface area contributed by atoms with E-state index >= 15 is 0 Å². The Labute approximate surface area is 203 Å². The number of hydrogen-bond donors (Lipinski definition) is 2. The summed E-state index contributed by atoms with van der Waals surface area (Å²) in [5.74, 6) is -0.356. The van der Waals surface area contributed by atoms with Crippen molar-refractivity contribution in [3.8, 4) is 5.69 Å². The zero-order valence-corrected chi connectivity index (χ0v) is 19.4. The molecule has 1 aliphatic rings. The summed E-state index contributed by atoms with van der Waals surface area (Å²) in [5, 5.41) is 10.7. The van der Waals surface area contributed by atoms with Crippen molar-refractivity contribution >= 4 is 39.8 Å². The van der Waals surface area contributed by atoms with Crippen LogP contribution in [0.3, 0.4) is 0 Å². The number of halogens is 1. The summed E-state index contributed by atoms with van der Waals surface area (Å²) in [4.78, 5) is 39.6. The van der Waals surface area contributed by atoms with Crippen LogP contribution in [-0.2, 0) is 19.4 Å². The summed E-state index contributed by atoms with van der Waals surface area (Å²) in [5.41, 5.74) is 1.18. The van der Waals surface area contributed by atoms with Gasteiger partial charge in [0, 0.05) is 22.2 Å². The number of rotatable bonds is 6. The standard InChI is InChI=1S/C24H19ClN4O4S/c25-14-4-1-5-15(12-14)29-10-9-18(30)21(28-29)23(32)27-24-20(17-7-2-8-19(17)34-24)22(31)26-13-16-6-3-11-33-16/h1,3-6,9-12H,2,7-8,13H2,(H,26,31)(H,27,32). The number of fused-ring (bicyclic) bond motifs is 1. The Morgan fingerprint density at radius 3 is 2.82 bits per heavy atom. The van der Waals surface area contributed by atoms with Crippen molar-refractivity contribution in [2.75, 3.05) is 5.32 Å². The van der Waals surface area contributed by atoms with Gasteiger partial charge < -0.3 is 15.1 Å². The number of benzene rings is 1. The number of amides is 2. The Kier molecular flexibility index (Phi) is 6.04. The molecule has 0 spiro atoms. The Morgan fingerprint density at radius 2 is 2.03 bits per heavy atom. The van der Waals surface area contributed by atoms with Crippen LogP contribution in [-0.4, -0.2) is 21.6 Å². The highest BCUT2D eigenvalue weighted by atomic mass is 35.5. The average molecular weight is 495 g/mol. The van der Waals surface area contributed by atoms with Crippen molar-refractivity contribution < 1.29 is 14.0 Å². The molecular formula is C24H19ClN4O4S. The van der Waals surface area contributed by atoms with Crippen LogP contribution in [0, 0.1) is 0 Å². The summed E-state index contributed by atoms with van der Waals surface area (Å²) in [6, 6.07) is 11.7. The smallest absolute Gasteiger partial charge is 0.280 e. The Balaban J connectivity index is 1.42. The van der Waals surface area contributed by atoms with Crippen LogP contribution in [0.5, 0.6) is 0 Å². The number of thiophene rings is 1. The molecule has 0 unspecified atom stereocenters. The predicted molar refractivity (Wildman–Crippen MR) is 129 cm³/mol.